The Kier molecular flexibility index (Phi) is 5.56. The highest BCUT2D eigenvalue weighted by atomic mass is 16.2. The quantitative estimate of drug-likeness (QED) is 0.477. The average Bonchev–Trinajstić information content (AvgIpc) is 3.37. The van der Waals surface area contributed by atoms with Gasteiger partial charge in [0, 0.05) is 31.7 Å². The van der Waals surface area contributed by atoms with Gasteiger partial charge in [0.1, 0.15) is 0 Å². The van der Waals surface area contributed by atoms with Crippen LogP contribution in [0.5, 0.6) is 0 Å². The third kappa shape index (κ3) is 4.63. The topological polar surface area (TPSA) is 76.8 Å². The number of carbonyl (C=O) groups excluding carboxylic acids is 1. The SMILES string of the molecule is Cn1ncc2ccc(CNC(=O)NCCCc3cnn(-c4ccccc4)c3)cc21. The monoisotopic (exact) mass is 388 g/mol. The molecule has 2 aromatic carbocycles. The van der Waals surface area contributed by atoms with E-state index in [0.717, 1.165) is 40.6 Å². The zero-order chi connectivity index (χ0) is 20.1. The van der Waals surface area contributed by atoms with Crippen LogP contribution >= 0.6 is 0 Å². The van der Waals surface area contributed by atoms with Crippen molar-refractivity contribution in [2.24, 2.45) is 7.05 Å². The van der Waals surface area contributed by atoms with Crippen molar-refractivity contribution in [2.75, 3.05) is 6.54 Å². The number of nitrogens with zero attached hydrogens (tertiary/aromatic N) is 4. The van der Waals surface area contributed by atoms with Crippen LogP contribution in [0.25, 0.3) is 16.6 Å². The number of urea groups is 1. The molecule has 2 heterocycles. The van der Waals surface area contributed by atoms with E-state index in [-0.39, 0.29) is 6.03 Å². The van der Waals surface area contributed by atoms with Crippen molar-refractivity contribution in [3.63, 3.8) is 0 Å². The molecule has 0 unspecified atom stereocenters. The summed E-state index contributed by atoms with van der Waals surface area (Å²) in [6, 6.07) is 15.9. The molecule has 4 rings (SSSR count). The minimum Gasteiger partial charge on any atom is -0.338 e. The van der Waals surface area contributed by atoms with E-state index >= 15 is 0 Å². The van der Waals surface area contributed by atoms with Crippen molar-refractivity contribution in [3.8, 4) is 5.69 Å². The molecule has 0 spiro atoms. The fourth-order valence-corrected chi connectivity index (χ4v) is 3.25. The lowest BCUT2D eigenvalue weighted by Crippen LogP contribution is -2.35. The predicted octanol–water partition coefficient (Wildman–Crippen LogP) is 3.19. The molecular weight excluding hydrogens is 364 g/mol. The van der Waals surface area contributed by atoms with Gasteiger partial charge in [-0.05, 0) is 42.2 Å². The van der Waals surface area contributed by atoms with Crippen LogP contribution in [0.3, 0.4) is 0 Å². The third-order valence-corrected chi connectivity index (χ3v) is 4.85. The normalized spacial score (nSPS) is 10.9. The van der Waals surface area contributed by atoms with Gasteiger partial charge < -0.3 is 10.6 Å². The smallest absolute Gasteiger partial charge is 0.315 e. The molecule has 0 aliphatic heterocycles. The van der Waals surface area contributed by atoms with E-state index in [1.54, 1.807) is 0 Å². The Morgan fingerprint density at radius 2 is 1.86 bits per heavy atom. The molecule has 0 aliphatic carbocycles. The second kappa shape index (κ2) is 8.60. The average molecular weight is 388 g/mol. The lowest BCUT2D eigenvalue weighted by molar-refractivity contribution is 0.240. The number of para-hydroxylation sites is 1. The highest BCUT2D eigenvalue weighted by Crippen LogP contribution is 2.14. The largest absolute Gasteiger partial charge is 0.338 e. The number of amides is 2. The van der Waals surface area contributed by atoms with E-state index in [1.807, 2.05) is 83.5 Å². The van der Waals surface area contributed by atoms with Gasteiger partial charge in [0.25, 0.3) is 0 Å². The number of nitrogens with one attached hydrogen (secondary N) is 2. The first kappa shape index (κ1) is 18.7. The maximum Gasteiger partial charge on any atom is 0.315 e. The first-order valence-corrected chi connectivity index (χ1v) is 9.70. The fourth-order valence-electron chi connectivity index (χ4n) is 3.25. The summed E-state index contributed by atoms with van der Waals surface area (Å²) >= 11 is 0. The standard InChI is InChI=1S/C22H24N6O/c1-27-21-12-17(9-10-19(21)15-25-27)13-24-22(29)23-11-5-6-18-14-26-28(16-18)20-7-3-2-4-8-20/h2-4,7-10,12,14-16H,5-6,11,13H2,1H3,(H2,23,24,29). The Bertz CT molecular complexity index is 1100. The summed E-state index contributed by atoms with van der Waals surface area (Å²) in [7, 11) is 1.91. The highest BCUT2D eigenvalue weighted by Gasteiger charge is 2.05. The molecule has 29 heavy (non-hydrogen) atoms. The summed E-state index contributed by atoms with van der Waals surface area (Å²) in [4.78, 5) is 12.0. The lowest BCUT2D eigenvalue weighted by atomic mass is 10.1. The van der Waals surface area contributed by atoms with Crippen molar-refractivity contribution in [1.29, 1.82) is 0 Å². The molecule has 0 aliphatic rings. The van der Waals surface area contributed by atoms with Crippen LogP contribution in [-0.2, 0) is 20.0 Å². The minimum absolute atomic E-state index is 0.157. The van der Waals surface area contributed by atoms with Gasteiger partial charge >= 0.3 is 6.03 Å². The summed E-state index contributed by atoms with van der Waals surface area (Å²) in [5.41, 5.74) is 4.30. The molecule has 2 N–H and O–H groups in total. The summed E-state index contributed by atoms with van der Waals surface area (Å²) in [6.07, 6.45) is 7.47. The van der Waals surface area contributed by atoms with Crippen LogP contribution in [0.4, 0.5) is 4.79 Å². The van der Waals surface area contributed by atoms with Crippen molar-refractivity contribution in [2.45, 2.75) is 19.4 Å². The Balaban J connectivity index is 1.19. The number of aryl methyl sites for hydroxylation is 2. The predicted molar refractivity (Wildman–Crippen MR) is 113 cm³/mol. The molecule has 4 aromatic rings. The Hall–Kier alpha value is -3.61. The third-order valence-electron chi connectivity index (χ3n) is 4.85. The van der Waals surface area contributed by atoms with Crippen molar-refractivity contribution in [3.05, 3.63) is 78.2 Å². The molecule has 2 aromatic heterocycles. The Labute approximate surface area is 169 Å². The Morgan fingerprint density at radius 3 is 2.72 bits per heavy atom. The van der Waals surface area contributed by atoms with Gasteiger partial charge in [0.15, 0.2) is 0 Å². The van der Waals surface area contributed by atoms with E-state index in [2.05, 4.69) is 20.8 Å². The fraction of sp³-hybridized carbons (Fsp3) is 0.227. The number of aromatic nitrogens is 4. The zero-order valence-electron chi connectivity index (χ0n) is 16.4. The molecule has 148 valence electrons. The molecule has 7 heteroatoms. The summed E-state index contributed by atoms with van der Waals surface area (Å²) in [5.74, 6) is 0. The maximum atomic E-state index is 12.0. The second-order valence-corrected chi connectivity index (χ2v) is 7.00. The van der Waals surface area contributed by atoms with E-state index in [0.29, 0.717) is 13.1 Å². The number of carbonyl (C=O) groups is 1. The van der Waals surface area contributed by atoms with Gasteiger partial charge in [-0.3, -0.25) is 4.68 Å². The maximum absolute atomic E-state index is 12.0. The molecule has 2 amide bonds. The number of rotatable bonds is 7. The zero-order valence-corrected chi connectivity index (χ0v) is 16.4. The van der Waals surface area contributed by atoms with Gasteiger partial charge in [0.05, 0.1) is 23.6 Å². The van der Waals surface area contributed by atoms with Crippen molar-refractivity contribution < 1.29 is 4.79 Å². The van der Waals surface area contributed by atoms with Gasteiger partial charge in [0.2, 0.25) is 0 Å². The molecule has 0 saturated carbocycles. The molecule has 0 radical (unpaired) electrons. The molecule has 0 bridgehead atoms. The van der Waals surface area contributed by atoms with E-state index in [4.69, 9.17) is 0 Å². The number of hydrogen-bond donors (Lipinski definition) is 2. The summed E-state index contributed by atoms with van der Waals surface area (Å²) in [5, 5.41) is 15.5. The van der Waals surface area contributed by atoms with Crippen molar-refractivity contribution >= 4 is 16.9 Å². The van der Waals surface area contributed by atoms with Crippen LogP contribution in [0.2, 0.25) is 0 Å². The van der Waals surface area contributed by atoms with Crippen LogP contribution in [0.1, 0.15) is 17.5 Å². The Morgan fingerprint density at radius 1 is 1.00 bits per heavy atom. The number of hydrogen-bond acceptors (Lipinski definition) is 3. The van der Waals surface area contributed by atoms with Gasteiger partial charge in [-0.25, -0.2) is 9.48 Å². The van der Waals surface area contributed by atoms with Crippen LogP contribution in [-0.4, -0.2) is 32.1 Å². The summed E-state index contributed by atoms with van der Waals surface area (Å²) < 4.78 is 3.70. The first-order chi connectivity index (χ1) is 14.2. The van der Waals surface area contributed by atoms with Crippen LogP contribution < -0.4 is 10.6 Å². The van der Waals surface area contributed by atoms with Gasteiger partial charge in [-0.1, -0.05) is 30.3 Å². The van der Waals surface area contributed by atoms with E-state index in [9.17, 15) is 4.79 Å². The highest BCUT2D eigenvalue weighted by molar-refractivity contribution is 5.79. The molecule has 0 saturated heterocycles. The summed E-state index contributed by atoms with van der Waals surface area (Å²) in [6.45, 7) is 1.10. The number of benzene rings is 2. The van der Waals surface area contributed by atoms with Crippen molar-refractivity contribution in [1.82, 2.24) is 30.2 Å². The lowest BCUT2D eigenvalue weighted by Gasteiger charge is -2.08. The molecule has 0 fully saturated rings. The second-order valence-electron chi connectivity index (χ2n) is 7.00. The minimum atomic E-state index is -0.157. The first-order valence-electron chi connectivity index (χ1n) is 9.70. The van der Waals surface area contributed by atoms with Gasteiger partial charge in [-0.15, -0.1) is 0 Å². The molecular formula is C22H24N6O. The molecule has 0 atom stereocenters. The van der Waals surface area contributed by atoms with Gasteiger partial charge in [-0.2, -0.15) is 10.2 Å². The van der Waals surface area contributed by atoms with E-state index < -0.39 is 0 Å². The molecule has 7 nitrogen and oxygen atoms in total. The number of fused-ring (bicyclic) bond motifs is 1. The van der Waals surface area contributed by atoms with E-state index in [1.165, 1.54) is 0 Å². The van der Waals surface area contributed by atoms with Crippen LogP contribution in [0.15, 0.2) is 67.1 Å². The van der Waals surface area contributed by atoms with Crippen LogP contribution in [0, 0.1) is 0 Å².